The molecule has 0 unspecified atom stereocenters. The summed E-state index contributed by atoms with van der Waals surface area (Å²) in [5, 5.41) is 12.5. The minimum Gasteiger partial charge on any atom is -0.483 e. The number of benzene rings is 2. The van der Waals surface area contributed by atoms with E-state index in [4.69, 9.17) is 33.9 Å². The Morgan fingerprint density at radius 3 is 2.51 bits per heavy atom. The van der Waals surface area contributed by atoms with E-state index in [0.717, 1.165) is 6.21 Å². The van der Waals surface area contributed by atoms with Crippen LogP contribution in [0.1, 0.15) is 25.5 Å². The average Bonchev–Trinajstić information content (AvgIpc) is 2.94. The van der Waals surface area contributed by atoms with Crippen LogP contribution in [0.15, 0.2) is 71.0 Å². The van der Waals surface area contributed by atoms with Crippen molar-refractivity contribution in [1.82, 2.24) is 21.4 Å². The zero-order valence-electron chi connectivity index (χ0n) is 22.0. The van der Waals surface area contributed by atoms with Crippen LogP contribution in [-0.4, -0.2) is 53.3 Å². The number of allylic oxidation sites excluding steroid dienone is 1. The van der Waals surface area contributed by atoms with E-state index in [1.54, 1.807) is 68.4 Å². The molecule has 1 fully saturated rings. The monoisotopic (exact) mass is 594 g/mol. The van der Waals surface area contributed by atoms with Crippen LogP contribution in [0.5, 0.6) is 5.75 Å². The largest absolute Gasteiger partial charge is 0.483 e. The van der Waals surface area contributed by atoms with Crippen LogP contribution < -0.4 is 31.0 Å². The number of amides is 3. The number of hydrazone groups is 1. The molecule has 2 aromatic rings. The summed E-state index contributed by atoms with van der Waals surface area (Å²) in [6, 6.07) is 14.8. The molecule has 2 aromatic carbocycles. The van der Waals surface area contributed by atoms with E-state index >= 15 is 0 Å². The fourth-order valence-corrected chi connectivity index (χ4v) is 4.73. The number of nitrogens with one attached hydrogen (secondary N) is 4. The van der Waals surface area contributed by atoms with Crippen LogP contribution >= 0.6 is 24.4 Å². The minimum absolute atomic E-state index is 0.0490. The smallest absolute Gasteiger partial charge is 0.338 e. The van der Waals surface area contributed by atoms with Gasteiger partial charge in [-0.2, -0.15) is 5.10 Å². The third-order valence-corrected chi connectivity index (χ3v) is 6.49. The molecule has 2 aliphatic heterocycles. The Balaban J connectivity index is 1.42. The third-order valence-electron chi connectivity index (χ3n) is 5.98. The van der Waals surface area contributed by atoms with Crippen molar-refractivity contribution in [2.45, 2.75) is 19.9 Å². The van der Waals surface area contributed by atoms with E-state index in [1.165, 1.54) is 4.90 Å². The lowest BCUT2D eigenvalue weighted by Crippen LogP contribution is -2.58. The Hall–Kier alpha value is -4.69. The Bertz CT molecular complexity index is 1460. The second-order valence-electron chi connectivity index (χ2n) is 8.71. The molecule has 0 aliphatic carbocycles. The molecule has 0 bridgehead atoms. The highest BCUT2D eigenvalue weighted by Gasteiger charge is 2.38. The van der Waals surface area contributed by atoms with E-state index in [-0.39, 0.29) is 11.7 Å². The molecule has 14 heteroatoms. The topological polar surface area (TPSA) is 150 Å². The number of esters is 1. The molecule has 4 rings (SSSR count). The van der Waals surface area contributed by atoms with Gasteiger partial charge < -0.3 is 25.4 Å². The first-order valence-electron chi connectivity index (χ1n) is 12.4. The van der Waals surface area contributed by atoms with Crippen LogP contribution in [0.2, 0.25) is 0 Å². The lowest BCUT2D eigenvalue weighted by atomic mass is 9.95. The minimum atomic E-state index is -1.31. The number of rotatable bonds is 9. The van der Waals surface area contributed by atoms with Gasteiger partial charge in [-0.05, 0) is 56.5 Å². The van der Waals surface area contributed by atoms with E-state index < -0.39 is 42.3 Å². The average molecular weight is 595 g/mol. The molecular formula is C27H26N6O6S2. The lowest BCUT2D eigenvalue weighted by molar-refractivity contribution is -0.139. The molecule has 212 valence electrons. The SMILES string of the molecule is CCOC(=O)C1=C(C)NC(=S)N[C@H]1c1ccccc1OCC(=O)NN=C[C@H]1C(=O)NC(=S)N(c2ccccc2)C1=O. The summed E-state index contributed by atoms with van der Waals surface area (Å²) < 4.78 is 11.0. The lowest BCUT2D eigenvalue weighted by Gasteiger charge is -2.30. The fourth-order valence-electron chi connectivity index (χ4n) is 4.16. The second kappa shape index (κ2) is 13.1. The predicted molar refractivity (Wildman–Crippen MR) is 158 cm³/mol. The molecule has 12 nitrogen and oxygen atoms in total. The summed E-state index contributed by atoms with van der Waals surface area (Å²) in [5.41, 5.74) is 4.15. The summed E-state index contributed by atoms with van der Waals surface area (Å²) in [4.78, 5) is 51.8. The Morgan fingerprint density at radius 1 is 1.07 bits per heavy atom. The van der Waals surface area contributed by atoms with Crippen molar-refractivity contribution < 1.29 is 28.7 Å². The van der Waals surface area contributed by atoms with Gasteiger partial charge in [0.05, 0.1) is 23.9 Å². The summed E-state index contributed by atoms with van der Waals surface area (Å²) in [6.45, 7) is 3.16. The number of hydrogen-bond donors (Lipinski definition) is 4. The van der Waals surface area contributed by atoms with E-state index in [1.807, 2.05) is 0 Å². The van der Waals surface area contributed by atoms with Crippen molar-refractivity contribution in [2.75, 3.05) is 18.1 Å². The predicted octanol–water partition coefficient (Wildman–Crippen LogP) is 1.59. The van der Waals surface area contributed by atoms with Gasteiger partial charge in [0.15, 0.2) is 22.7 Å². The quantitative estimate of drug-likeness (QED) is 0.111. The third kappa shape index (κ3) is 6.73. The van der Waals surface area contributed by atoms with Crippen LogP contribution in [0.3, 0.4) is 0 Å². The standard InChI is InChI=1S/C27H26N6O6S2/c1-3-38-25(37)21-15(2)29-26(40)30-22(21)17-11-7-8-12-19(17)39-14-20(34)32-28-13-18-23(35)31-27(41)33(24(18)36)16-9-5-4-6-10-16/h4-13,18,22H,3,14H2,1-2H3,(H,32,34)(H2,29,30,40)(H,31,35,41)/t18-,22-/m0/s1. The number of para-hydroxylation sites is 2. The Kier molecular flexibility index (Phi) is 9.37. The summed E-state index contributed by atoms with van der Waals surface area (Å²) >= 11 is 10.4. The number of nitrogens with zero attached hydrogens (tertiary/aromatic N) is 2. The second-order valence-corrected chi connectivity index (χ2v) is 9.51. The number of anilines is 1. The zero-order valence-corrected chi connectivity index (χ0v) is 23.6. The molecule has 0 saturated carbocycles. The van der Waals surface area contributed by atoms with Gasteiger partial charge in [-0.3, -0.25) is 19.3 Å². The first-order chi connectivity index (χ1) is 19.7. The zero-order chi connectivity index (χ0) is 29.5. The number of hydrogen-bond acceptors (Lipinski definition) is 9. The number of ether oxygens (including phenoxy) is 2. The van der Waals surface area contributed by atoms with Crippen LogP contribution in [0, 0.1) is 5.92 Å². The van der Waals surface area contributed by atoms with Crippen LogP contribution in [0.4, 0.5) is 5.69 Å². The molecule has 0 spiro atoms. The highest BCUT2D eigenvalue weighted by atomic mass is 32.1. The molecule has 1 saturated heterocycles. The maximum absolute atomic E-state index is 13.0. The van der Waals surface area contributed by atoms with Gasteiger partial charge in [0.25, 0.3) is 11.8 Å². The Morgan fingerprint density at radius 2 is 1.78 bits per heavy atom. The Labute approximate surface area is 246 Å². The van der Waals surface area contributed by atoms with Crippen molar-refractivity contribution in [3.8, 4) is 5.75 Å². The highest BCUT2D eigenvalue weighted by molar-refractivity contribution is 7.80. The summed E-state index contributed by atoms with van der Waals surface area (Å²) in [6.07, 6.45) is 1.03. The van der Waals surface area contributed by atoms with Gasteiger partial charge in [-0.25, -0.2) is 10.2 Å². The molecule has 4 N–H and O–H groups in total. The molecule has 2 heterocycles. The van der Waals surface area contributed by atoms with Gasteiger partial charge in [-0.15, -0.1) is 0 Å². The van der Waals surface area contributed by atoms with Gasteiger partial charge in [0.1, 0.15) is 5.75 Å². The molecule has 3 amide bonds. The normalized spacial score (nSPS) is 18.9. The summed E-state index contributed by atoms with van der Waals surface area (Å²) in [5.74, 6) is -3.44. The van der Waals surface area contributed by atoms with Gasteiger partial charge in [-0.1, -0.05) is 36.4 Å². The van der Waals surface area contributed by atoms with Crippen LogP contribution in [0.25, 0.3) is 0 Å². The first-order valence-corrected chi connectivity index (χ1v) is 13.3. The van der Waals surface area contributed by atoms with Crippen molar-refractivity contribution in [3.63, 3.8) is 0 Å². The van der Waals surface area contributed by atoms with E-state index in [2.05, 4.69) is 26.5 Å². The molecule has 2 aliphatic rings. The number of carbonyl (C=O) groups is 4. The highest BCUT2D eigenvalue weighted by Crippen LogP contribution is 2.33. The fraction of sp³-hybridized carbons (Fsp3) is 0.222. The maximum atomic E-state index is 13.0. The molecule has 2 atom stereocenters. The van der Waals surface area contributed by atoms with Crippen LogP contribution in [-0.2, 0) is 23.9 Å². The molecule has 0 aromatic heterocycles. The van der Waals surface area contributed by atoms with Crippen molar-refractivity contribution >= 4 is 70.3 Å². The van der Waals surface area contributed by atoms with Crippen molar-refractivity contribution in [2.24, 2.45) is 11.0 Å². The first kappa shape index (κ1) is 29.3. The van der Waals surface area contributed by atoms with Crippen molar-refractivity contribution in [3.05, 3.63) is 71.4 Å². The summed E-state index contributed by atoms with van der Waals surface area (Å²) in [7, 11) is 0. The van der Waals surface area contributed by atoms with Gasteiger partial charge in [0, 0.05) is 17.5 Å². The van der Waals surface area contributed by atoms with E-state index in [9.17, 15) is 19.2 Å². The van der Waals surface area contributed by atoms with Crippen molar-refractivity contribution in [1.29, 1.82) is 0 Å². The molecule has 41 heavy (non-hydrogen) atoms. The van der Waals surface area contributed by atoms with Gasteiger partial charge >= 0.3 is 5.97 Å². The number of thiocarbonyl (C=S) groups is 2. The van der Waals surface area contributed by atoms with Gasteiger partial charge in [0.2, 0.25) is 5.91 Å². The van der Waals surface area contributed by atoms with E-state index in [0.29, 0.717) is 33.4 Å². The maximum Gasteiger partial charge on any atom is 0.338 e. The molecular weight excluding hydrogens is 568 g/mol. The number of carbonyl (C=O) groups excluding carboxylic acids is 4. The molecule has 0 radical (unpaired) electrons.